The fraction of sp³-hybridized carbons (Fsp3) is 0. The Balaban J connectivity index is 1.16. The Morgan fingerprint density at radius 3 is 1.82 bits per heavy atom. The maximum absolute atomic E-state index is 6.64. The first-order valence-electron chi connectivity index (χ1n) is 16.8. The van der Waals surface area contributed by atoms with Crippen LogP contribution in [0.15, 0.2) is 170 Å². The zero-order valence-corrected chi connectivity index (χ0v) is 27.3. The van der Waals surface area contributed by atoms with E-state index in [0.717, 1.165) is 89.7 Å². The van der Waals surface area contributed by atoms with Crippen LogP contribution >= 0.6 is 0 Å². The third kappa shape index (κ3) is 4.82. The standard InChI is InChI=1S/C44H28N6O/c1-4-12-29(13-5-1)30-26-35-42-41(45-24-25-46-42)34-21-23-40(48-44(34)43(35)47-28-30)50-36-18-10-11-19-38(36)51-39-27-33(20-22-37(39)50)49(31-14-6-2-7-15-31)32-16-8-3-9-17-32/h1-28H. The molecule has 0 radical (unpaired) electrons. The van der Waals surface area contributed by atoms with Gasteiger partial charge >= 0.3 is 0 Å². The summed E-state index contributed by atoms with van der Waals surface area (Å²) < 4.78 is 6.64. The molecule has 3 aromatic heterocycles. The molecule has 4 heterocycles. The highest BCUT2D eigenvalue weighted by molar-refractivity contribution is 6.21. The minimum Gasteiger partial charge on any atom is -0.453 e. The number of rotatable bonds is 5. The van der Waals surface area contributed by atoms with Gasteiger partial charge in [-0.05, 0) is 72.3 Å². The molecular weight excluding hydrogens is 629 g/mol. The lowest BCUT2D eigenvalue weighted by atomic mass is 10.0. The fourth-order valence-electron chi connectivity index (χ4n) is 7.03. The molecule has 51 heavy (non-hydrogen) atoms. The van der Waals surface area contributed by atoms with E-state index in [4.69, 9.17) is 24.7 Å². The Labute approximate surface area is 293 Å². The molecule has 0 amide bonds. The number of hydrogen-bond acceptors (Lipinski definition) is 7. The van der Waals surface area contributed by atoms with Crippen LogP contribution in [0.5, 0.6) is 11.5 Å². The van der Waals surface area contributed by atoms with Crippen molar-refractivity contribution in [2.75, 3.05) is 9.80 Å². The number of aromatic nitrogens is 4. The molecule has 0 saturated heterocycles. The minimum atomic E-state index is 0.727. The zero-order valence-electron chi connectivity index (χ0n) is 27.3. The van der Waals surface area contributed by atoms with E-state index >= 15 is 0 Å². The van der Waals surface area contributed by atoms with Gasteiger partial charge in [-0.2, -0.15) is 0 Å². The van der Waals surface area contributed by atoms with Crippen LogP contribution in [-0.2, 0) is 0 Å². The van der Waals surface area contributed by atoms with Crippen LogP contribution in [0.25, 0.3) is 44.0 Å². The molecule has 0 aliphatic carbocycles. The first-order valence-corrected chi connectivity index (χ1v) is 16.8. The highest BCUT2D eigenvalue weighted by atomic mass is 16.5. The summed E-state index contributed by atoms with van der Waals surface area (Å²) >= 11 is 0. The summed E-state index contributed by atoms with van der Waals surface area (Å²) in [6.45, 7) is 0. The second-order valence-corrected chi connectivity index (χ2v) is 12.4. The van der Waals surface area contributed by atoms with Crippen LogP contribution in [0.2, 0.25) is 0 Å². The number of hydrogen-bond donors (Lipinski definition) is 0. The molecule has 10 rings (SSSR count). The van der Waals surface area contributed by atoms with E-state index in [2.05, 4.69) is 107 Å². The molecule has 1 aliphatic rings. The summed E-state index contributed by atoms with van der Waals surface area (Å²) in [4.78, 5) is 24.3. The largest absolute Gasteiger partial charge is 0.453 e. The van der Waals surface area contributed by atoms with Crippen molar-refractivity contribution in [2.24, 2.45) is 0 Å². The van der Waals surface area contributed by atoms with E-state index in [1.54, 1.807) is 12.4 Å². The minimum absolute atomic E-state index is 0.727. The lowest BCUT2D eigenvalue weighted by molar-refractivity contribution is 0.477. The summed E-state index contributed by atoms with van der Waals surface area (Å²) in [6, 6.07) is 51.7. The van der Waals surface area contributed by atoms with Crippen molar-refractivity contribution in [3.05, 3.63) is 170 Å². The normalized spacial score (nSPS) is 12.0. The summed E-state index contributed by atoms with van der Waals surface area (Å²) in [7, 11) is 0. The summed E-state index contributed by atoms with van der Waals surface area (Å²) in [6.07, 6.45) is 5.38. The summed E-state index contributed by atoms with van der Waals surface area (Å²) in [5, 5.41) is 1.80. The van der Waals surface area contributed by atoms with Gasteiger partial charge in [-0.3, -0.25) is 19.9 Å². The van der Waals surface area contributed by atoms with Crippen molar-refractivity contribution in [1.82, 2.24) is 19.9 Å². The molecule has 0 unspecified atom stereocenters. The van der Waals surface area contributed by atoms with Gasteiger partial charge in [0.15, 0.2) is 11.5 Å². The van der Waals surface area contributed by atoms with E-state index in [1.807, 2.05) is 60.8 Å². The van der Waals surface area contributed by atoms with Gasteiger partial charge < -0.3 is 9.64 Å². The van der Waals surface area contributed by atoms with E-state index < -0.39 is 0 Å². The third-order valence-electron chi connectivity index (χ3n) is 9.33. The van der Waals surface area contributed by atoms with Gasteiger partial charge in [0.2, 0.25) is 0 Å². The highest BCUT2D eigenvalue weighted by Crippen LogP contribution is 2.52. The van der Waals surface area contributed by atoms with Crippen LogP contribution in [0.1, 0.15) is 0 Å². The Morgan fingerprint density at radius 1 is 0.451 bits per heavy atom. The number of benzene rings is 6. The van der Waals surface area contributed by atoms with Crippen molar-refractivity contribution in [3.8, 4) is 22.6 Å². The summed E-state index contributed by atoms with van der Waals surface area (Å²) in [5.74, 6) is 2.22. The van der Waals surface area contributed by atoms with E-state index in [0.29, 0.717) is 0 Å². The van der Waals surface area contributed by atoms with Crippen molar-refractivity contribution in [3.63, 3.8) is 0 Å². The van der Waals surface area contributed by atoms with Gasteiger partial charge in [0, 0.05) is 58.1 Å². The molecule has 6 aromatic carbocycles. The smallest absolute Gasteiger partial charge is 0.153 e. The SMILES string of the molecule is c1ccc(-c2cnc3c(c2)c2nccnc2c2ccc(N4c5ccccc5Oc5cc(N(c6ccccc6)c6ccccc6)ccc54)nc23)cc1. The van der Waals surface area contributed by atoms with Crippen molar-refractivity contribution in [1.29, 1.82) is 0 Å². The number of fused-ring (bicyclic) bond motifs is 8. The molecule has 0 N–H and O–H groups in total. The van der Waals surface area contributed by atoms with Gasteiger partial charge in [0.1, 0.15) is 11.3 Å². The average molecular weight is 657 g/mol. The number of pyridine rings is 2. The van der Waals surface area contributed by atoms with Crippen molar-refractivity contribution >= 4 is 67.1 Å². The Kier molecular flexibility index (Phi) is 6.67. The third-order valence-corrected chi connectivity index (χ3v) is 9.33. The van der Waals surface area contributed by atoms with E-state index in [9.17, 15) is 0 Å². The number of para-hydroxylation sites is 4. The molecule has 0 spiro atoms. The molecule has 0 atom stereocenters. The second kappa shape index (κ2) is 11.8. The Bertz CT molecular complexity index is 2700. The second-order valence-electron chi connectivity index (χ2n) is 12.4. The van der Waals surface area contributed by atoms with Gasteiger partial charge in [-0.25, -0.2) is 4.98 Å². The molecule has 0 bridgehead atoms. The number of anilines is 6. The highest BCUT2D eigenvalue weighted by Gasteiger charge is 2.28. The maximum Gasteiger partial charge on any atom is 0.153 e. The van der Waals surface area contributed by atoms with Gasteiger partial charge in [0.25, 0.3) is 0 Å². The van der Waals surface area contributed by atoms with Gasteiger partial charge in [-0.1, -0.05) is 78.9 Å². The topological polar surface area (TPSA) is 67.3 Å². The van der Waals surface area contributed by atoms with Crippen LogP contribution in [0.3, 0.4) is 0 Å². The molecular formula is C44H28N6O. The average Bonchev–Trinajstić information content (AvgIpc) is 3.21. The van der Waals surface area contributed by atoms with Gasteiger partial charge in [-0.15, -0.1) is 0 Å². The first-order chi connectivity index (χ1) is 25.3. The zero-order chi connectivity index (χ0) is 33.7. The van der Waals surface area contributed by atoms with Crippen LogP contribution in [0.4, 0.5) is 34.3 Å². The lowest BCUT2D eigenvalue weighted by Gasteiger charge is -2.33. The quantitative estimate of drug-likeness (QED) is 0.171. The lowest BCUT2D eigenvalue weighted by Crippen LogP contribution is -2.18. The predicted molar refractivity (Wildman–Crippen MR) is 205 cm³/mol. The molecule has 7 nitrogen and oxygen atoms in total. The van der Waals surface area contributed by atoms with Crippen LogP contribution in [-0.4, -0.2) is 19.9 Å². The monoisotopic (exact) mass is 656 g/mol. The predicted octanol–water partition coefficient (Wildman–Crippen LogP) is 11.4. The van der Waals surface area contributed by atoms with Crippen molar-refractivity contribution < 1.29 is 4.74 Å². The molecule has 7 heteroatoms. The number of nitrogens with zero attached hydrogens (tertiary/aromatic N) is 6. The van der Waals surface area contributed by atoms with Crippen LogP contribution in [0, 0.1) is 0 Å². The molecule has 240 valence electrons. The van der Waals surface area contributed by atoms with Crippen molar-refractivity contribution in [2.45, 2.75) is 0 Å². The van der Waals surface area contributed by atoms with Crippen LogP contribution < -0.4 is 14.5 Å². The molecule has 1 aliphatic heterocycles. The maximum atomic E-state index is 6.64. The van der Waals surface area contributed by atoms with Gasteiger partial charge in [0.05, 0.1) is 27.9 Å². The van der Waals surface area contributed by atoms with E-state index in [-0.39, 0.29) is 0 Å². The van der Waals surface area contributed by atoms with E-state index in [1.165, 1.54) is 0 Å². The molecule has 9 aromatic rings. The first kappa shape index (κ1) is 28.9. The fourth-order valence-corrected chi connectivity index (χ4v) is 7.03. The number of ether oxygens (including phenoxy) is 1. The Hall–Kier alpha value is -7.12. The molecule has 0 saturated carbocycles. The Morgan fingerprint density at radius 2 is 1.08 bits per heavy atom. The summed E-state index contributed by atoms with van der Waals surface area (Å²) in [5.41, 5.74) is 10.1. The molecule has 0 fully saturated rings.